The number of piperidine rings is 1. The summed E-state index contributed by atoms with van der Waals surface area (Å²) in [6, 6.07) is 5.27. The highest BCUT2D eigenvalue weighted by Gasteiger charge is 2.25. The Balaban J connectivity index is 1.92. The average Bonchev–Trinajstić information content (AvgIpc) is 2.75. The molecule has 0 bridgehead atoms. The van der Waals surface area contributed by atoms with E-state index in [0.717, 1.165) is 0 Å². The third-order valence-corrected chi connectivity index (χ3v) is 5.67. The molecule has 17 heavy (non-hydrogen) atoms. The van der Waals surface area contributed by atoms with E-state index in [4.69, 9.17) is 5.73 Å². The Labute approximate surface area is 116 Å². The number of halogens is 1. The molecule has 2 heterocycles. The molecule has 96 valence electrons. The zero-order valence-electron chi connectivity index (χ0n) is 10.5. The normalized spacial score (nSPS) is 22.6. The van der Waals surface area contributed by atoms with Crippen LogP contribution in [0.2, 0.25) is 0 Å². The average molecular weight is 317 g/mol. The molecule has 4 heteroatoms. The monoisotopic (exact) mass is 316 g/mol. The first-order valence-electron chi connectivity index (χ1n) is 6.33. The van der Waals surface area contributed by atoms with Crippen LogP contribution in [0.3, 0.4) is 0 Å². The zero-order valence-corrected chi connectivity index (χ0v) is 12.9. The number of likely N-dealkylation sites (tertiary alicyclic amines) is 1. The minimum atomic E-state index is 0.350. The third kappa shape index (κ3) is 3.31. The molecule has 2 rings (SSSR count). The zero-order chi connectivity index (χ0) is 12.4. The van der Waals surface area contributed by atoms with Crippen LogP contribution in [0.25, 0.3) is 0 Å². The second kappa shape index (κ2) is 5.83. The maximum absolute atomic E-state index is 5.98. The lowest BCUT2D eigenvalue weighted by atomic mass is 9.90. The van der Waals surface area contributed by atoms with Gasteiger partial charge in [0.25, 0.3) is 0 Å². The van der Waals surface area contributed by atoms with Crippen molar-refractivity contribution in [3.8, 4) is 0 Å². The molecule has 1 aromatic rings. The number of rotatable bonds is 3. The molecule has 1 aromatic heterocycles. The highest BCUT2D eigenvalue weighted by molar-refractivity contribution is 9.11. The maximum atomic E-state index is 5.98. The first kappa shape index (κ1) is 13.5. The summed E-state index contributed by atoms with van der Waals surface area (Å²) in [5, 5.41) is 0. The van der Waals surface area contributed by atoms with Gasteiger partial charge in [0.1, 0.15) is 0 Å². The predicted octanol–water partition coefficient (Wildman–Crippen LogP) is 3.63. The standard InChI is InChI=1S/C13H21BrN2S/c1-9(15)11-5-7-16(8-6-11)10(2)12-3-4-13(14)17-12/h3-4,9-11H,5-8,15H2,1-2H3. The number of hydrogen-bond acceptors (Lipinski definition) is 3. The van der Waals surface area contributed by atoms with Crippen molar-refractivity contribution in [1.29, 1.82) is 0 Å². The van der Waals surface area contributed by atoms with Crippen molar-refractivity contribution in [3.05, 3.63) is 20.8 Å². The summed E-state index contributed by atoms with van der Waals surface area (Å²) in [7, 11) is 0. The van der Waals surface area contributed by atoms with E-state index in [0.29, 0.717) is 18.0 Å². The molecule has 1 aliphatic rings. The lowest BCUT2D eigenvalue weighted by molar-refractivity contribution is 0.134. The molecule has 0 spiro atoms. The van der Waals surface area contributed by atoms with Gasteiger partial charge in [0.15, 0.2) is 0 Å². The van der Waals surface area contributed by atoms with Gasteiger partial charge in [0, 0.05) is 17.0 Å². The van der Waals surface area contributed by atoms with E-state index in [-0.39, 0.29) is 0 Å². The fourth-order valence-electron chi connectivity index (χ4n) is 2.57. The van der Waals surface area contributed by atoms with Gasteiger partial charge >= 0.3 is 0 Å². The Morgan fingerprint density at radius 2 is 2.00 bits per heavy atom. The van der Waals surface area contributed by atoms with E-state index >= 15 is 0 Å². The van der Waals surface area contributed by atoms with Crippen LogP contribution in [0.5, 0.6) is 0 Å². The van der Waals surface area contributed by atoms with Crippen molar-refractivity contribution in [2.45, 2.75) is 38.8 Å². The SMILES string of the molecule is CC(N)C1CCN(C(C)c2ccc(Br)s2)CC1. The van der Waals surface area contributed by atoms with Gasteiger partial charge in [-0.15, -0.1) is 11.3 Å². The van der Waals surface area contributed by atoms with Crippen molar-refractivity contribution < 1.29 is 0 Å². The van der Waals surface area contributed by atoms with Crippen molar-refractivity contribution in [1.82, 2.24) is 4.90 Å². The highest BCUT2D eigenvalue weighted by atomic mass is 79.9. The summed E-state index contributed by atoms with van der Waals surface area (Å²) in [5.74, 6) is 0.716. The first-order chi connectivity index (χ1) is 8.08. The van der Waals surface area contributed by atoms with Gasteiger partial charge in [-0.1, -0.05) is 0 Å². The van der Waals surface area contributed by atoms with Gasteiger partial charge in [0.05, 0.1) is 3.79 Å². The maximum Gasteiger partial charge on any atom is 0.0701 e. The summed E-state index contributed by atoms with van der Waals surface area (Å²) >= 11 is 5.38. The van der Waals surface area contributed by atoms with E-state index in [9.17, 15) is 0 Å². The molecular weight excluding hydrogens is 296 g/mol. The van der Waals surface area contributed by atoms with Crippen molar-refractivity contribution in [3.63, 3.8) is 0 Å². The van der Waals surface area contributed by atoms with E-state index in [2.05, 4.69) is 46.8 Å². The smallest absolute Gasteiger partial charge is 0.0701 e. The van der Waals surface area contributed by atoms with Crippen LogP contribution >= 0.6 is 27.3 Å². The number of nitrogens with two attached hydrogens (primary N) is 1. The van der Waals surface area contributed by atoms with Gasteiger partial charge in [0.2, 0.25) is 0 Å². The van der Waals surface area contributed by atoms with Crippen molar-refractivity contribution >= 4 is 27.3 Å². The quantitative estimate of drug-likeness (QED) is 0.922. The molecule has 1 aliphatic heterocycles. The van der Waals surface area contributed by atoms with Crippen LogP contribution < -0.4 is 5.73 Å². The summed E-state index contributed by atoms with van der Waals surface area (Å²) < 4.78 is 1.23. The summed E-state index contributed by atoms with van der Waals surface area (Å²) in [6.07, 6.45) is 2.49. The largest absolute Gasteiger partial charge is 0.328 e. The highest BCUT2D eigenvalue weighted by Crippen LogP contribution is 2.33. The van der Waals surface area contributed by atoms with Crippen LogP contribution in [0.4, 0.5) is 0 Å². The fraction of sp³-hybridized carbons (Fsp3) is 0.692. The molecule has 0 radical (unpaired) electrons. The molecule has 0 saturated carbocycles. The molecule has 0 amide bonds. The number of nitrogens with zero attached hydrogens (tertiary/aromatic N) is 1. The fourth-order valence-corrected chi connectivity index (χ4v) is 4.08. The van der Waals surface area contributed by atoms with Gasteiger partial charge in [-0.2, -0.15) is 0 Å². The Morgan fingerprint density at radius 3 is 2.47 bits per heavy atom. The minimum absolute atomic E-state index is 0.350. The van der Waals surface area contributed by atoms with Gasteiger partial charge in [-0.3, -0.25) is 4.90 Å². The van der Waals surface area contributed by atoms with Crippen LogP contribution in [-0.4, -0.2) is 24.0 Å². The molecule has 2 unspecified atom stereocenters. The summed E-state index contributed by atoms with van der Waals surface area (Å²) in [5.41, 5.74) is 5.98. The molecule has 0 aromatic carbocycles. The van der Waals surface area contributed by atoms with E-state index in [1.807, 2.05) is 11.3 Å². The molecular formula is C13H21BrN2S. The van der Waals surface area contributed by atoms with E-state index in [1.165, 1.54) is 34.6 Å². The van der Waals surface area contributed by atoms with Crippen LogP contribution in [-0.2, 0) is 0 Å². The third-order valence-electron chi connectivity index (χ3n) is 3.87. The first-order valence-corrected chi connectivity index (χ1v) is 7.93. The Kier molecular flexibility index (Phi) is 4.64. The van der Waals surface area contributed by atoms with Gasteiger partial charge in [-0.25, -0.2) is 0 Å². The number of hydrogen-bond donors (Lipinski definition) is 1. The molecule has 2 N–H and O–H groups in total. The Hall–Kier alpha value is 0.1000. The van der Waals surface area contributed by atoms with Gasteiger partial charge in [-0.05, 0) is 73.8 Å². The summed E-state index contributed by atoms with van der Waals surface area (Å²) in [6.45, 7) is 6.82. The predicted molar refractivity (Wildman–Crippen MR) is 78.4 cm³/mol. The van der Waals surface area contributed by atoms with E-state index < -0.39 is 0 Å². The lowest BCUT2D eigenvalue weighted by Crippen LogP contribution is -2.40. The Bertz CT molecular complexity index is 356. The van der Waals surface area contributed by atoms with E-state index in [1.54, 1.807) is 0 Å². The van der Waals surface area contributed by atoms with Gasteiger partial charge < -0.3 is 5.73 Å². The lowest BCUT2D eigenvalue weighted by Gasteiger charge is -2.37. The second-order valence-corrected chi connectivity index (χ2v) is 7.54. The molecule has 0 aliphatic carbocycles. The number of thiophene rings is 1. The van der Waals surface area contributed by atoms with Crippen LogP contribution in [0.1, 0.15) is 37.6 Å². The van der Waals surface area contributed by atoms with Crippen molar-refractivity contribution in [2.24, 2.45) is 11.7 Å². The van der Waals surface area contributed by atoms with Crippen LogP contribution in [0.15, 0.2) is 15.9 Å². The topological polar surface area (TPSA) is 29.3 Å². The molecule has 1 saturated heterocycles. The second-order valence-electron chi connectivity index (χ2n) is 5.05. The molecule has 2 atom stereocenters. The molecule has 2 nitrogen and oxygen atoms in total. The minimum Gasteiger partial charge on any atom is -0.328 e. The molecule has 1 fully saturated rings. The summed E-state index contributed by atoms with van der Waals surface area (Å²) in [4.78, 5) is 4.04. The van der Waals surface area contributed by atoms with Crippen molar-refractivity contribution in [2.75, 3.05) is 13.1 Å². The Morgan fingerprint density at radius 1 is 1.35 bits per heavy atom. The van der Waals surface area contributed by atoms with Crippen LogP contribution in [0, 0.1) is 5.92 Å².